The second kappa shape index (κ2) is 7.73. The minimum Gasteiger partial charge on any atom is -0.486 e. The van der Waals surface area contributed by atoms with Gasteiger partial charge < -0.3 is 19.7 Å². The van der Waals surface area contributed by atoms with Crippen LogP contribution < -0.4 is 14.8 Å². The Morgan fingerprint density at radius 1 is 1.12 bits per heavy atom. The second-order valence-electron chi connectivity index (χ2n) is 5.85. The van der Waals surface area contributed by atoms with Crippen molar-refractivity contribution in [3.63, 3.8) is 0 Å². The number of rotatable bonds is 5. The van der Waals surface area contributed by atoms with E-state index < -0.39 is 0 Å². The Morgan fingerprint density at radius 2 is 1.83 bits per heavy atom. The van der Waals surface area contributed by atoms with Gasteiger partial charge in [0.15, 0.2) is 17.6 Å². The molecule has 24 heavy (non-hydrogen) atoms. The molecule has 5 heteroatoms. The summed E-state index contributed by atoms with van der Waals surface area (Å²) in [6.07, 6.45) is 0.654. The smallest absolute Gasteiger partial charge is 0.317 e. The summed E-state index contributed by atoms with van der Waals surface area (Å²) < 4.78 is 11.6. The number of likely N-dealkylation sites (N-methyl/N-ethyl adjacent to an activating group) is 1. The molecule has 0 aromatic heterocycles. The van der Waals surface area contributed by atoms with E-state index in [1.54, 1.807) is 11.9 Å². The summed E-state index contributed by atoms with van der Waals surface area (Å²) in [6, 6.07) is 17.6. The summed E-state index contributed by atoms with van der Waals surface area (Å²) in [5.41, 5.74) is 1.21. The van der Waals surface area contributed by atoms with Crippen LogP contribution in [0.5, 0.6) is 11.5 Å². The van der Waals surface area contributed by atoms with Gasteiger partial charge in [-0.1, -0.05) is 42.5 Å². The van der Waals surface area contributed by atoms with Crippen molar-refractivity contribution in [1.82, 2.24) is 10.2 Å². The van der Waals surface area contributed by atoms with Crippen LogP contribution in [0.15, 0.2) is 54.6 Å². The van der Waals surface area contributed by atoms with E-state index in [9.17, 15) is 4.79 Å². The maximum atomic E-state index is 12.2. The van der Waals surface area contributed by atoms with Crippen LogP contribution in [-0.4, -0.2) is 43.8 Å². The summed E-state index contributed by atoms with van der Waals surface area (Å²) in [5, 5.41) is 2.93. The van der Waals surface area contributed by atoms with Crippen molar-refractivity contribution in [2.24, 2.45) is 0 Å². The van der Waals surface area contributed by atoms with Crippen molar-refractivity contribution in [3.8, 4) is 11.5 Å². The number of amides is 2. The van der Waals surface area contributed by atoms with Crippen molar-refractivity contribution >= 4 is 6.03 Å². The Bertz CT molecular complexity index is 675. The minimum atomic E-state index is -0.162. The molecule has 0 radical (unpaired) electrons. The van der Waals surface area contributed by atoms with E-state index in [-0.39, 0.29) is 12.1 Å². The van der Waals surface area contributed by atoms with Crippen LogP contribution in [0.25, 0.3) is 0 Å². The summed E-state index contributed by atoms with van der Waals surface area (Å²) in [7, 11) is 1.77. The number of carbonyl (C=O) groups excluding carboxylic acids is 1. The molecule has 1 N–H and O–H groups in total. The van der Waals surface area contributed by atoms with Gasteiger partial charge >= 0.3 is 6.03 Å². The van der Waals surface area contributed by atoms with Crippen LogP contribution in [0.2, 0.25) is 0 Å². The summed E-state index contributed by atoms with van der Waals surface area (Å²) in [5.74, 6) is 1.48. The maximum absolute atomic E-state index is 12.2. The first kappa shape index (κ1) is 16.2. The van der Waals surface area contributed by atoms with Gasteiger partial charge in [0.2, 0.25) is 0 Å². The van der Waals surface area contributed by atoms with E-state index >= 15 is 0 Å². The fraction of sp³-hybridized carbons (Fsp3) is 0.316. The van der Waals surface area contributed by atoms with E-state index in [1.807, 2.05) is 42.5 Å². The van der Waals surface area contributed by atoms with Crippen molar-refractivity contribution in [2.45, 2.75) is 12.5 Å². The van der Waals surface area contributed by atoms with Crippen LogP contribution in [0, 0.1) is 0 Å². The van der Waals surface area contributed by atoms with Gasteiger partial charge in [0.1, 0.15) is 6.61 Å². The highest BCUT2D eigenvalue weighted by Gasteiger charge is 2.23. The van der Waals surface area contributed by atoms with E-state index in [4.69, 9.17) is 9.47 Å². The van der Waals surface area contributed by atoms with E-state index in [1.165, 1.54) is 5.56 Å². The molecule has 0 bridgehead atoms. The molecule has 5 nitrogen and oxygen atoms in total. The van der Waals surface area contributed by atoms with Crippen LogP contribution >= 0.6 is 0 Å². The topological polar surface area (TPSA) is 50.8 Å². The average Bonchev–Trinajstić information content (AvgIpc) is 2.62. The highest BCUT2D eigenvalue weighted by molar-refractivity contribution is 5.73. The zero-order valence-electron chi connectivity index (χ0n) is 13.8. The Morgan fingerprint density at radius 3 is 2.62 bits per heavy atom. The highest BCUT2D eigenvalue weighted by atomic mass is 16.6. The third kappa shape index (κ3) is 4.19. The van der Waals surface area contributed by atoms with Gasteiger partial charge in [-0.15, -0.1) is 0 Å². The van der Waals surface area contributed by atoms with Gasteiger partial charge in [0.25, 0.3) is 0 Å². The summed E-state index contributed by atoms with van der Waals surface area (Å²) in [6.45, 7) is 1.53. The monoisotopic (exact) mass is 326 g/mol. The normalized spacial score (nSPS) is 15.6. The molecule has 0 saturated carbocycles. The molecule has 2 aromatic carbocycles. The van der Waals surface area contributed by atoms with Gasteiger partial charge in [-0.2, -0.15) is 0 Å². The molecule has 2 aromatic rings. The Kier molecular flexibility index (Phi) is 5.21. The predicted molar refractivity (Wildman–Crippen MR) is 92.5 cm³/mol. The molecule has 0 fully saturated rings. The minimum absolute atomic E-state index is 0.103. The quantitative estimate of drug-likeness (QED) is 0.919. The number of benzene rings is 2. The van der Waals surface area contributed by atoms with E-state index in [0.29, 0.717) is 19.7 Å². The largest absolute Gasteiger partial charge is 0.486 e. The Hall–Kier alpha value is -2.69. The number of fused-ring (bicyclic) bond motifs is 1. The first-order valence-corrected chi connectivity index (χ1v) is 8.14. The lowest BCUT2D eigenvalue weighted by Crippen LogP contribution is -2.45. The molecule has 1 atom stereocenters. The standard InChI is InChI=1S/C19H22N2O3/c1-21(19(22)20-12-11-15-7-3-2-4-8-15)13-16-14-23-17-9-5-6-10-18(17)24-16/h2-10,16H,11-14H2,1H3,(H,20,22)/t16-/m1/s1. The second-order valence-corrected chi connectivity index (χ2v) is 5.85. The van der Waals surface area contributed by atoms with Gasteiger partial charge in [-0.25, -0.2) is 4.79 Å². The molecular formula is C19H22N2O3. The van der Waals surface area contributed by atoms with E-state index in [2.05, 4.69) is 17.4 Å². The van der Waals surface area contributed by atoms with Crippen LogP contribution in [-0.2, 0) is 6.42 Å². The molecule has 1 aliphatic rings. The van der Waals surface area contributed by atoms with Gasteiger partial charge in [-0.05, 0) is 24.1 Å². The third-order valence-corrected chi connectivity index (χ3v) is 3.92. The molecule has 1 aliphatic heterocycles. The van der Waals surface area contributed by atoms with Crippen LogP contribution in [0.1, 0.15) is 5.56 Å². The fourth-order valence-electron chi connectivity index (χ4n) is 2.63. The van der Waals surface area contributed by atoms with Crippen molar-refractivity contribution in [1.29, 1.82) is 0 Å². The van der Waals surface area contributed by atoms with Crippen molar-refractivity contribution in [2.75, 3.05) is 26.7 Å². The first-order chi connectivity index (χ1) is 11.7. The molecule has 3 rings (SSSR count). The summed E-state index contributed by atoms with van der Waals surface area (Å²) >= 11 is 0. The van der Waals surface area contributed by atoms with Gasteiger partial charge in [0, 0.05) is 13.6 Å². The number of para-hydroxylation sites is 2. The molecule has 1 heterocycles. The molecule has 0 spiro atoms. The zero-order chi connectivity index (χ0) is 16.8. The number of ether oxygens (including phenoxy) is 2. The van der Waals surface area contributed by atoms with Crippen molar-refractivity contribution < 1.29 is 14.3 Å². The number of urea groups is 1. The Balaban J connectivity index is 1.43. The van der Waals surface area contributed by atoms with Crippen molar-refractivity contribution in [3.05, 3.63) is 60.2 Å². The molecule has 2 amide bonds. The van der Waals surface area contributed by atoms with Crippen LogP contribution in [0.3, 0.4) is 0 Å². The van der Waals surface area contributed by atoms with Gasteiger partial charge in [0.05, 0.1) is 6.54 Å². The molecule has 0 aliphatic carbocycles. The Labute approximate surface area is 142 Å². The lowest BCUT2D eigenvalue weighted by atomic mass is 10.1. The fourth-order valence-corrected chi connectivity index (χ4v) is 2.63. The molecular weight excluding hydrogens is 304 g/mol. The number of hydrogen-bond acceptors (Lipinski definition) is 3. The van der Waals surface area contributed by atoms with E-state index in [0.717, 1.165) is 17.9 Å². The number of carbonyl (C=O) groups is 1. The highest BCUT2D eigenvalue weighted by Crippen LogP contribution is 2.30. The number of hydrogen-bond donors (Lipinski definition) is 1. The lowest BCUT2D eigenvalue weighted by molar-refractivity contribution is 0.0716. The lowest BCUT2D eigenvalue weighted by Gasteiger charge is -2.29. The number of nitrogens with one attached hydrogen (secondary N) is 1. The predicted octanol–water partition coefficient (Wildman–Crippen LogP) is 2.71. The SMILES string of the molecule is CN(C[C@@H]1COc2ccccc2O1)C(=O)NCCc1ccccc1. The average molecular weight is 326 g/mol. The number of nitrogens with zero attached hydrogens (tertiary/aromatic N) is 1. The molecule has 126 valence electrons. The van der Waals surface area contributed by atoms with Crippen LogP contribution in [0.4, 0.5) is 4.79 Å². The summed E-state index contributed by atoms with van der Waals surface area (Å²) in [4.78, 5) is 13.8. The molecule has 0 unspecified atom stereocenters. The van der Waals surface area contributed by atoms with Gasteiger partial charge in [-0.3, -0.25) is 0 Å². The molecule has 0 saturated heterocycles. The maximum Gasteiger partial charge on any atom is 0.317 e. The first-order valence-electron chi connectivity index (χ1n) is 8.14. The third-order valence-electron chi connectivity index (χ3n) is 3.92. The zero-order valence-corrected chi connectivity index (χ0v) is 13.8.